The molecule has 1 aliphatic rings. The van der Waals surface area contributed by atoms with Crippen LogP contribution in [0.5, 0.6) is 0 Å². The van der Waals surface area contributed by atoms with Crippen molar-refractivity contribution in [3.05, 3.63) is 59.9 Å². The van der Waals surface area contributed by atoms with E-state index in [0.717, 1.165) is 31.7 Å². The number of piperazine rings is 1. The fourth-order valence-electron chi connectivity index (χ4n) is 3.31. The Morgan fingerprint density at radius 1 is 1.00 bits per heavy atom. The molecular weight excluding hydrogens is 371 g/mol. The van der Waals surface area contributed by atoms with Gasteiger partial charge in [0, 0.05) is 44.5 Å². The van der Waals surface area contributed by atoms with E-state index in [-0.39, 0.29) is 17.6 Å². The summed E-state index contributed by atoms with van der Waals surface area (Å²) in [5.41, 5.74) is 2.30. The Morgan fingerprint density at radius 3 is 2.21 bits per heavy atom. The fraction of sp³-hybridized carbons (Fsp3) is 0.364. The van der Waals surface area contributed by atoms with E-state index < -0.39 is 0 Å². The molecule has 2 amide bonds. The van der Waals surface area contributed by atoms with Crippen LogP contribution in [0.1, 0.15) is 12.5 Å². The lowest BCUT2D eigenvalue weighted by Gasteiger charge is -2.33. The largest absolute Gasteiger partial charge is 0.326 e. The zero-order chi connectivity index (χ0) is 20.8. The standard InChI is InChI=1S/C22H27FN4O2/c1-17(28)24-20-7-3-18(4-8-20)15-27(21-9-5-19(23)6-10-21)22(29)16-26-13-11-25(2)12-14-26/h3-10H,11-16H2,1-2H3,(H,24,28). The van der Waals surface area contributed by atoms with E-state index in [1.165, 1.54) is 19.1 Å². The minimum Gasteiger partial charge on any atom is -0.326 e. The summed E-state index contributed by atoms with van der Waals surface area (Å²) in [4.78, 5) is 30.4. The summed E-state index contributed by atoms with van der Waals surface area (Å²) in [5.74, 6) is -0.486. The summed E-state index contributed by atoms with van der Waals surface area (Å²) in [7, 11) is 2.08. The second-order valence-electron chi connectivity index (χ2n) is 7.41. The van der Waals surface area contributed by atoms with Gasteiger partial charge in [-0.1, -0.05) is 12.1 Å². The van der Waals surface area contributed by atoms with E-state index >= 15 is 0 Å². The zero-order valence-electron chi connectivity index (χ0n) is 16.9. The molecule has 1 N–H and O–H groups in total. The fourth-order valence-corrected chi connectivity index (χ4v) is 3.31. The van der Waals surface area contributed by atoms with Crippen LogP contribution in [-0.2, 0) is 16.1 Å². The van der Waals surface area contributed by atoms with E-state index in [2.05, 4.69) is 22.2 Å². The Kier molecular flexibility index (Phi) is 6.95. The molecule has 0 bridgehead atoms. The smallest absolute Gasteiger partial charge is 0.241 e. The number of hydrogen-bond acceptors (Lipinski definition) is 4. The highest BCUT2D eigenvalue weighted by Crippen LogP contribution is 2.20. The van der Waals surface area contributed by atoms with Crippen molar-refractivity contribution in [2.75, 3.05) is 50.0 Å². The second kappa shape index (κ2) is 9.62. The number of benzene rings is 2. The molecule has 29 heavy (non-hydrogen) atoms. The Labute approximate surface area is 170 Å². The van der Waals surface area contributed by atoms with Crippen LogP contribution in [0.2, 0.25) is 0 Å². The molecule has 0 unspecified atom stereocenters. The van der Waals surface area contributed by atoms with E-state index in [0.29, 0.717) is 24.5 Å². The Morgan fingerprint density at radius 2 is 1.62 bits per heavy atom. The van der Waals surface area contributed by atoms with Gasteiger partial charge in [0.15, 0.2) is 0 Å². The lowest BCUT2D eigenvalue weighted by atomic mass is 10.1. The highest BCUT2D eigenvalue weighted by molar-refractivity contribution is 5.94. The summed E-state index contributed by atoms with van der Waals surface area (Å²) in [5, 5.41) is 2.73. The molecule has 3 rings (SSSR count). The summed E-state index contributed by atoms with van der Waals surface area (Å²) < 4.78 is 13.4. The third kappa shape index (κ3) is 6.10. The Hall–Kier alpha value is -2.77. The summed E-state index contributed by atoms with van der Waals surface area (Å²) >= 11 is 0. The molecule has 0 aliphatic carbocycles. The third-order valence-electron chi connectivity index (χ3n) is 5.01. The van der Waals surface area contributed by atoms with Crippen LogP contribution in [0.15, 0.2) is 48.5 Å². The van der Waals surface area contributed by atoms with Crippen LogP contribution in [-0.4, -0.2) is 61.4 Å². The normalized spacial score (nSPS) is 15.1. The maximum Gasteiger partial charge on any atom is 0.241 e. The molecule has 2 aromatic carbocycles. The minimum absolute atomic E-state index is 0.0212. The maximum absolute atomic E-state index is 13.4. The number of likely N-dealkylation sites (N-methyl/N-ethyl adjacent to an activating group) is 1. The first-order valence-corrected chi connectivity index (χ1v) is 9.74. The molecule has 1 fully saturated rings. The SMILES string of the molecule is CC(=O)Nc1ccc(CN(C(=O)CN2CCN(C)CC2)c2ccc(F)cc2)cc1. The number of anilines is 2. The van der Waals surface area contributed by atoms with Gasteiger partial charge in [-0.05, 0) is 49.0 Å². The van der Waals surface area contributed by atoms with Crippen molar-refractivity contribution in [3.8, 4) is 0 Å². The molecule has 154 valence electrons. The maximum atomic E-state index is 13.4. The van der Waals surface area contributed by atoms with Crippen LogP contribution in [0, 0.1) is 5.82 Å². The van der Waals surface area contributed by atoms with Gasteiger partial charge >= 0.3 is 0 Å². The summed E-state index contributed by atoms with van der Waals surface area (Å²) in [6, 6.07) is 13.4. The second-order valence-corrected chi connectivity index (χ2v) is 7.41. The first kappa shape index (κ1) is 21.0. The van der Waals surface area contributed by atoms with Crippen LogP contribution in [0.25, 0.3) is 0 Å². The monoisotopic (exact) mass is 398 g/mol. The first-order chi connectivity index (χ1) is 13.9. The number of nitrogens with zero attached hydrogens (tertiary/aromatic N) is 3. The molecular formula is C22H27FN4O2. The first-order valence-electron chi connectivity index (χ1n) is 9.74. The summed E-state index contributed by atoms with van der Waals surface area (Å²) in [6.07, 6.45) is 0. The van der Waals surface area contributed by atoms with E-state index in [4.69, 9.17) is 0 Å². The molecule has 0 atom stereocenters. The number of carbonyl (C=O) groups is 2. The van der Waals surface area contributed by atoms with Crippen molar-refractivity contribution >= 4 is 23.2 Å². The van der Waals surface area contributed by atoms with Gasteiger partial charge in [0.1, 0.15) is 5.82 Å². The van der Waals surface area contributed by atoms with Crippen molar-refractivity contribution < 1.29 is 14.0 Å². The van der Waals surface area contributed by atoms with E-state index in [1.54, 1.807) is 17.0 Å². The topological polar surface area (TPSA) is 55.9 Å². The molecule has 0 radical (unpaired) electrons. The molecule has 6 nitrogen and oxygen atoms in total. The third-order valence-corrected chi connectivity index (χ3v) is 5.01. The molecule has 0 spiro atoms. The van der Waals surface area contributed by atoms with Gasteiger partial charge in [-0.3, -0.25) is 14.5 Å². The highest BCUT2D eigenvalue weighted by atomic mass is 19.1. The number of carbonyl (C=O) groups excluding carboxylic acids is 2. The van der Waals surface area contributed by atoms with Gasteiger partial charge in [-0.2, -0.15) is 0 Å². The quantitative estimate of drug-likeness (QED) is 0.813. The van der Waals surface area contributed by atoms with Crippen molar-refractivity contribution in [2.45, 2.75) is 13.5 Å². The van der Waals surface area contributed by atoms with Crippen LogP contribution in [0.4, 0.5) is 15.8 Å². The lowest BCUT2D eigenvalue weighted by molar-refractivity contribution is -0.120. The average Bonchev–Trinajstić information content (AvgIpc) is 2.69. The van der Waals surface area contributed by atoms with Crippen LogP contribution >= 0.6 is 0 Å². The van der Waals surface area contributed by atoms with E-state index in [9.17, 15) is 14.0 Å². The molecule has 2 aromatic rings. The van der Waals surface area contributed by atoms with Crippen molar-refractivity contribution in [3.63, 3.8) is 0 Å². The zero-order valence-corrected chi connectivity index (χ0v) is 16.9. The van der Waals surface area contributed by atoms with Crippen molar-refractivity contribution in [1.29, 1.82) is 0 Å². The van der Waals surface area contributed by atoms with Crippen molar-refractivity contribution in [2.24, 2.45) is 0 Å². The predicted octanol–water partition coefficient (Wildman–Crippen LogP) is 2.56. The average molecular weight is 398 g/mol. The van der Waals surface area contributed by atoms with Crippen LogP contribution in [0.3, 0.4) is 0 Å². The minimum atomic E-state index is -0.333. The predicted molar refractivity (Wildman–Crippen MR) is 112 cm³/mol. The van der Waals surface area contributed by atoms with Crippen molar-refractivity contribution in [1.82, 2.24) is 9.80 Å². The van der Waals surface area contributed by atoms with Gasteiger partial charge in [0.2, 0.25) is 11.8 Å². The lowest BCUT2D eigenvalue weighted by Crippen LogP contribution is -2.48. The van der Waals surface area contributed by atoms with Gasteiger partial charge in [-0.25, -0.2) is 4.39 Å². The molecule has 0 saturated carbocycles. The number of hydrogen-bond donors (Lipinski definition) is 1. The molecule has 1 heterocycles. The molecule has 1 aliphatic heterocycles. The van der Waals surface area contributed by atoms with Crippen LogP contribution < -0.4 is 10.2 Å². The number of halogens is 1. The summed E-state index contributed by atoms with van der Waals surface area (Å²) in [6.45, 7) is 5.74. The molecule has 7 heteroatoms. The van der Waals surface area contributed by atoms with Gasteiger partial charge in [0.05, 0.1) is 13.1 Å². The molecule has 1 saturated heterocycles. The Balaban J connectivity index is 1.74. The number of amides is 2. The van der Waals surface area contributed by atoms with Gasteiger partial charge in [-0.15, -0.1) is 0 Å². The van der Waals surface area contributed by atoms with E-state index in [1.807, 2.05) is 24.3 Å². The van der Waals surface area contributed by atoms with Gasteiger partial charge < -0.3 is 15.1 Å². The highest BCUT2D eigenvalue weighted by Gasteiger charge is 2.22. The Bertz CT molecular complexity index is 831. The molecule has 0 aromatic heterocycles. The number of rotatable bonds is 6. The van der Waals surface area contributed by atoms with Gasteiger partial charge in [0.25, 0.3) is 0 Å². The number of nitrogens with one attached hydrogen (secondary N) is 1.